The number of hydrogen-bond donors (Lipinski definition) is 0. The molecule has 0 aromatic heterocycles. The molecule has 0 aliphatic heterocycles. The van der Waals surface area contributed by atoms with Gasteiger partial charge in [0.1, 0.15) is 0 Å². The van der Waals surface area contributed by atoms with E-state index in [9.17, 15) is 0 Å². The monoisotopic (exact) mass is 272 g/mol. The molecule has 0 fully saturated rings. The second-order valence-corrected chi connectivity index (χ2v) is 4.70. The Morgan fingerprint density at radius 3 is 2.26 bits per heavy atom. The molecule has 0 saturated carbocycles. The van der Waals surface area contributed by atoms with E-state index < -0.39 is 0 Å². The summed E-state index contributed by atoms with van der Waals surface area (Å²) in [5.41, 5.74) is 3.22. The van der Waals surface area contributed by atoms with Crippen molar-refractivity contribution in [1.29, 1.82) is 0 Å². The number of benzene rings is 2. The fraction of sp³-hybridized carbons (Fsp3) is 0.188. The number of nitrogens with zero attached hydrogens (tertiary/aromatic N) is 2. The van der Waals surface area contributed by atoms with Gasteiger partial charge in [0.2, 0.25) is 0 Å². The highest BCUT2D eigenvalue weighted by atomic mass is 35.5. The highest BCUT2D eigenvalue weighted by Gasteiger charge is 2.04. The lowest BCUT2D eigenvalue weighted by atomic mass is 10.1. The minimum absolute atomic E-state index is 0.746. The van der Waals surface area contributed by atoms with E-state index in [1.807, 2.05) is 66.7 Å². The van der Waals surface area contributed by atoms with Crippen LogP contribution in [0, 0.1) is 0 Å². The quantitative estimate of drug-likeness (QED) is 0.587. The van der Waals surface area contributed by atoms with Gasteiger partial charge in [0.05, 0.1) is 11.4 Å². The smallest absolute Gasteiger partial charge is 0.0679 e. The Balaban J connectivity index is 2.26. The number of hydrazone groups is 1. The van der Waals surface area contributed by atoms with E-state index >= 15 is 0 Å². The van der Waals surface area contributed by atoms with Crippen LogP contribution in [0.3, 0.4) is 0 Å². The van der Waals surface area contributed by atoms with Crippen molar-refractivity contribution in [3.8, 4) is 0 Å². The molecule has 0 bridgehead atoms. The van der Waals surface area contributed by atoms with E-state index in [1.54, 1.807) is 0 Å². The zero-order chi connectivity index (χ0) is 13.7. The van der Waals surface area contributed by atoms with Crippen LogP contribution in [0.15, 0.2) is 59.7 Å². The molecular weight excluding hydrogens is 256 g/mol. The minimum atomic E-state index is 0.746. The van der Waals surface area contributed by atoms with Crippen molar-refractivity contribution in [2.24, 2.45) is 5.10 Å². The van der Waals surface area contributed by atoms with Crippen LogP contribution in [0.5, 0.6) is 0 Å². The van der Waals surface area contributed by atoms with Crippen molar-refractivity contribution in [2.75, 3.05) is 12.1 Å². The molecule has 19 heavy (non-hydrogen) atoms. The maximum absolute atomic E-state index is 5.91. The van der Waals surface area contributed by atoms with Crippen LogP contribution in [0.25, 0.3) is 0 Å². The molecule has 0 atom stereocenters. The number of halogens is 1. The SMILES string of the molecule is CC/C(=N/N(C)c1ccccc1)c1ccc(Cl)cc1. The lowest BCUT2D eigenvalue weighted by Gasteiger charge is -2.15. The maximum Gasteiger partial charge on any atom is 0.0679 e. The topological polar surface area (TPSA) is 15.6 Å². The van der Waals surface area contributed by atoms with Gasteiger partial charge in [0.15, 0.2) is 0 Å². The molecule has 0 saturated heterocycles. The summed E-state index contributed by atoms with van der Waals surface area (Å²) in [5.74, 6) is 0. The molecule has 0 aliphatic carbocycles. The number of para-hydroxylation sites is 1. The number of anilines is 1. The summed E-state index contributed by atoms with van der Waals surface area (Å²) in [7, 11) is 1.96. The van der Waals surface area contributed by atoms with E-state index in [4.69, 9.17) is 11.6 Å². The van der Waals surface area contributed by atoms with Crippen molar-refractivity contribution in [3.63, 3.8) is 0 Å². The molecule has 2 rings (SSSR count). The molecule has 98 valence electrons. The van der Waals surface area contributed by atoms with Gasteiger partial charge in [-0.2, -0.15) is 5.10 Å². The van der Waals surface area contributed by atoms with Crippen molar-refractivity contribution in [2.45, 2.75) is 13.3 Å². The van der Waals surface area contributed by atoms with Gasteiger partial charge in [-0.3, -0.25) is 5.01 Å². The molecule has 0 heterocycles. The molecule has 2 aromatic carbocycles. The van der Waals surface area contributed by atoms with Crippen molar-refractivity contribution >= 4 is 23.0 Å². The van der Waals surface area contributed by atoms with Crippen LogP contribution < -0.4 is 5.01 Å². The van der Waals surface area contributed by atoms with E-state index in [2.05, 4.69) is 12.0 Å². The maximum atomic E-state index is 5.91. The lowest BCUT2D eigenvalue weighted by molar-refractivity contribution is 1.00. The van der Waals surface area contributed by atoms with Crippen LogP contribution >= 0.6 is 11.6 Å². The number of rotatable bonds is 4. The summed E-state index contributed by atoms with van der Waals surface area (Å²) >= 11 is 5.91. The highest BCUT2D eigenvalue weighted by molar-refractivity contribution is 6.30. The molecule has 0 N–H and O–H groups in total. The summed E-state index contributed by atoms with van der Waals surface area (Å²) < 4.78 is 0. The van der Waals surface area contributed by atoms with Gasteiger partial charge in [-0.1, -0.05) is 48.9 Å². The van der Waals surface area contributed by atoms with Gasteiger partial charge in [0, 0.05) is 12.1 Å². The molecule has 3 heteroatoms. The summed E-state index contributed by atoms with van der Waals surface area (Å²) in [6, 6.07) is 17.9. The van der Waals surface area contributed by atoms with Crippen molar-refractivity contribution < 1.29 is 0 Å². The molecule has 0 radical (unpaired) electrons. The third-order valence-corrected chi connectivity index (χ3v) is 3.16. The van der Waals surface area contributed by atoms with E-state index in [0.29, 0.717) is 0 Å². The van der Waals surface area contributed by atoms with Crippen LogP contribution in [-0.4, -0.2) is 12.8 Å². The Kier molecular flexibility index (Phi) is 4.58. The zero-order valence-electron chi connectivity index (χ0n) is 11.2. The molecule has 0 unspecified atom stereocenters. The third-order valence-electron chi connectivity index (χ3n) is 2.91. The average Bonchev–Trinajstić information content (AvgIpc) is 2.46. The van der Waals surface area contributed by atoms with Crippen LogP contribution in [0.2, 0.25) is 5.02 Å². The Labute approximate surface area is 119 Å². The normalized spacial score (nSPS) is 11.4. The number of hydrogen-bond acceptors (Lipinski definition) is 2. The van der Waals surface area contributed by atoms with Gasteiger partial charge >= 0.3 is 0 Å². The van der Waals surface area contributed by atoms with Crippen molar-refractivity contribution in [1.82, 2.24) is 0 Å². The van der Waals surface area contributed by atoms with Crippen LogP contribution in [0.1, 0.15) is 18.9 Å². The van der Waals surface area contributed by atoms with Gasteiger partial charge < -0.3 is 0 Å². The molecular formula is C16H17ClN2. The molecule has 0 spiro atoms. The van der Waals surface area contributed by atoms with Gasteiger partial charge in [-0.15, -0.1) is 0 Å². The first-order valence-electron chi connectivity index (χ1n) is 6.33. The lowest BCUT2D eigenvalue weighted by Crippen LogP contribution is -2.13. The summed E-state index contributed by atoms with van der Waals surface area (Å²) in [6.07, 6.45) is 0.874. The third kappa shape index (κ3) is 3.58. The Morgan fingerprint density at radius 1 is 1.05 bits per heavy atom. The van der Waals surface area contributed by atoms with Gasteiger partial charge in [0.25, 0.3) is 0 Å². The average molecular weight is 273 g/mol. The summed E-state index contributed by atoms with van der Waals surface area (Å²) in [6.45, 7) is 2.10. The van der Waals surface area contributed by atoms with E-state index in [0.717, 1.165) is 28.4 Å². The van der Waals surface area contributed by atoms with Crippen LogP contribution in [0.4, 0.5) is 5.69 Å². The zero-order valence-corrected chi connectivity index (χ0v) is 11.9. The fourth-order valence-corrected chi connectivity index (χ4v) is 1.98. The van der Waals surface area contributed by atoms with E-state index in [1.165, 1.54) is 0 Å². The molecule has 0 aliphatic rings. The second-order valence-electron chi connectivity index (χ2n) is 4.27. The highest BCUT2D eigenvalue weighted by Crippen LogP contribution is 2.15. The Hall–Kier alpha value is -1.80. The molecule has 2 nitrogen and oxygen atoms in total. The van der Waals surface area contributed by atoms with Crippen molar-refractivity contribution in [3.05, 3.63) is 65.2 Å². The predicted octanol–water partition coefficient (Wildman–Crippen LogP) is 4.59. The Morgan fingerprint density at radius 2 is 1.68 bits per heavy atom. The predicted molar refractivity (Wildman–Crippen MR) is 83.1 cm³/mol. The fourth-order valence-electron chi connectivity index (χ4n) is 1.86. The first-order valence-corrected chi connectivity index (χ1v) is 6.70. The standard InChI is InChI=1S/C16H17ClN2/c1-3-16(13-9-11-14(17)12-10-13)18-19(2)15-7-5-4-6-8-15/h4-12H,3H2,1-2H3/b18-16-. The molecule has 2 aromatic rings. The minimum Gasteiger partial charge on any atom is -0.268 e. The summed E-state index contributed by atoms with van der Waals surface area (Å²) in [4.78, 5) is 0. The van der Waals surface area contributed by atoms with Gasteiger partial charge in [-0.25, -0.2) is 0 Å². The molecule has 0 amide bonds. The van der Waals surface area contributed by atoms with E-state index in [-0.39, 0.29) is 0 Å². The van der Waals surface area contributed by atoms with Gasteiger partial charge in [-0.05, 0) is 36.2 Å². The summed E-state index contributed by atoms with van der Waals surface area (Å²) in [5, 5.41) is 7.31. The Bertz CT molecular complexity index is 547. The largest absolute Gasteiger partial charge is 0.268 e. The first kappa shape index (κ1) is 13.6. The first-order chi connectivity index (χ1) is 9.20. The van der Waals surface area contributed by atoms with Crippen LogP contribution in [-0.2, 0) is 0 Å². The second kappa shape index (κ2) is 6.39.